The van der Waals surface area contributed by atoms with Gasteiger partial charge in [-0.15, -0.1) is 0 Å². The van der Waals surface area contributed by atoms with Gasteiger partial charge in [0, 0.05) is 11.6 Å². The van der Waals surface area contributed by atoms with Crippen LogP contribution in [0.15, 0.2) is 42.6 Å². The lowest BCUT2D eigenvalue weighted by atomic mass is 10.1. The number of nitro groups is 1. The Labute approximate surface area is 91.7 Å². The minimum Gasteiger partial charge on any atom is -0.397 e. The summed E-state index contributed by atoms with van der Waals surface area (Å²) in [6, 6.07) is 10.6. The van der Waals surface area contributed by atoms with E-state index >= 15 is 0 Å². The van der Waals surface area contributed by atoms with E-state index in [9.17, 15) is 10.1 Å². The molecule has 2 rings (SSSR count). The summed E-state index contributed by atoms with van der Waals surface area (Å²) in [6.45, 7) is 0. The maximum Gasteiger partial charge on any atom is 0.289 e. The van der Waals surface area contributed by atoms with Crippen LogP contribution in [0.3, 0.4) is 0 Å². The van der Waals surface area contributed by atoms with Gasteiger partial charge in [-0.3, -0.25) is 10.1 Å². The summed E-state index contributed by atoms with van der Waals surface area (Å²) in [5.41, 5.74) is 7.33. The Morgan fingerprint density at radius 1 is 1.25 bits per heavy atom. The van der Waals surface area contributed by atoms with Crippen molar-refractivity contribution >= 4 is 11.4 Å². The predicted octanol–water partition coefficient (Wildman–Crippen LogP) is 2.24. The smallest absolute Gasteiger partial charge is 0.289 e. The monoisotopic (exact) mass is 215 g/mol. The van der Waals surface area contributed by atoms with Crippen molar-refractivity contribution in [2.75, 3.05) is 5.73 Å². The molecule has 0 aliphatic heterocycles. The van der Waals surface area contributed by atoms with E-state index in [2.05, 4.69) is 4.98 Å². The fraction of sp³-hybridized carbons (Fsp3) is 0. The van der Waals surface area contributed by atoms with Crippen molar-refractivity contribution in [3.63, 3.8) is 0 Å². The van der Waals surface area contributed by atoms with Gasteiger partial charge in [0.25, 0.3) is 5.69 Å². The Bertz CT molecular complexity index is 526. The van der Waals surface area contributed by atoms with Crippen molar-refractivity contribution < 1.29 is 4.92 Å². The lowest BCUT2D eigenvalue weighted by molar-refractivity contribution is -0.385. The van der Waals surface area contributed by atoms with E-state index in [1.165, 1.54) is 12.3 Å². The van der Waals surface area contributed by atoms with Crippen molar-refractivity contribution in [1.29, 1.82) is 0 Å². The summed E-state index contributed by atoms with van der Waals surface area (Å²) in [7, 11) is 0. The predicted molar refractivity (Wildman–Crippen MR) is 60.7 cm³/mol. The average molecular weight is 215 g/mol. The molecule has 2 N–H and O–H groups in total. The van der Waals surface area contributed by atoms with E-state index in [1.807, 2.05) is 30.3 Å². The van der Waals surface area contributed by atoms with E-state index in [0.29, 0.717) is 11.4 Å². The molecule has 0 spiro atoms. The maximum absolute atomic E-state index is 10.5. The largest absolute Gasteiger partial charge is 0.397 e. The van der Waals surface area contributed by atoms with Gasteiger partial charge in [-0.25, -0.2) is 4.98 Å². The van der Waals surface area contributed by atoms with Gasteiger partial charge in [0.15, 0.2) is 0 Å². The minimum absolute atomic E-state index is 0.0998. The summed E-state index contributed by atoms with van der Waals surface area (Å²) in [5, 5.41) is 10.5. The highest BCUT2D eigenvalue weighted by atomic mass is 16.6. The Kier molecular flexibility index (Phi) is 2.51. The highest BCUT2D eigenvalue weighted by Gasteiger charge is 2.10. The molecule has 0 saturated carbocycles. The second-order valence-electron chi connectivity index (χ2n) is 3.25. The molecule has 0 aliphatic carbocycles. The molecule has 0 fully saturated rings. The topological polar surface area (TPSA) is 82.0 Å². The molecule has 1 aromatic heterocycles. The molecule has 0 atom stereocenters. The zero-order valence-electron chi connectivity index (χ0n) is 8.33. The SMILES string of the molecule is Nc1cc([N+](=O)[O-])cnc1-c1ccccc1. The normalized spacial score (nSPS) is 10.0. The third kappa shape index (κ3) is 1.83. The Hall–Kier alpha value is -2.43. The molecule has 0 unspecified atom stereocenters. The van der Waals surface area contributed by atoms with Crippen molar-refractivity contribution in [1.82, 2.24) is 4.98 Å². The first-order valence-electron chi connectivity index (χ1n) is 4.64. The van der Waals surface area contributed by atoms with Gasteiger partial charge >= 0.3 is 0 Å². The molecule has 16 heavy (non-hydrogen) atoms. The van der Waals surface area contributed by atoms with Crippen LogP contribution in [0.25, 0.3) is 11.3 Å². The van der Waals surface area contributed by atoms with E-state index in [1.54, 1.807) is 0 Å². The summed E-state index contributed by atoms with van der Waals surface area (Å²) in [6.07, 6.45) is 1.21. The van der Waals surface area contributed by atoms with Gasteiger partial charge in [-0.2, -0.15) is 0 Å². The van der Waals surface area contributed by atoms with E-state index in [0.717, 1.165) is 5.56 Å². The molecule has 0 amide bonds. The second-order valence-corrected chi connectivity index (χ2v) is 3.25. The molecule has 0 aliphatic rings. The third-order valence-electron chi connectivity index (χ3n) is 2.16. The van der Waals surface area contributed by atoms with Crippen molar-refractivity contribution in [2.45, 2.75) is 0 Å². The number of nitrogens with zero attached hydrogens (tertiary/aromatic N) is 2. The molecule has 2 aromatic rings. The first-order valence-corrected chi connectivity index (χ1v) is 4.64. The lowest BCUT2D eigenvalue weighted by Crippen LogP contribution is -1.96. The number of anilines is 1. The number of nitrogen functional groups attached to an aromatic ring is 1. The van der Waals surface area contributed by atoms with Gasteiger partial charge in [-0.05, 0) is 0 Å². The van der Waals surface area contributed by atoms with Gasteiger partial charge in [0.1, 0.15) is 6.20 Å². The highest BCUT2D eigenvalue weighted by Crippen LogP contribution is 2.25. The number of hydrogen-bond acceptors (Lipinski definition) is 4. The van der Waals surface area contributed by atoms with Gasteiger partial charge in [0.2, 0.25) is 0 Å². The highest BCUT2D eigenvalue weighted by molar-refractivity contribution is 5.73. The number of aromatic nitrogens is 1. The second kappa shape index (κ2) is 3.98. The van der Waals surface area contributed by atoms with Crippen LogP contribution >= 0.6 is 0 Å². The Morgan fingerprint density at radius 2 is 1.94 bits per heavy atom. The quantitative estimate of drug-likeness (QED) is 0.615. The number of pyridine rings is 1. The molecule has 5 heteroatoms. The standard InChI is InChI=1S/C11H9N3O2/c12-10-6-9(14(15)16)7-13-11(10)8-4-2-1-3-5-8/h1-7H,12H2. The number of rotatable bonds is 2. The number of nitrogens with two attached hydrogens (primary N) is 1. The number of hydrogen-bond donors (Lipinski definition) is 1. The van der Waals surface area contributed by atoms with Crippen LogP contribution in [0.5, 0.6) is 0 Å². The maximum atomic E-state index is 10.5. The third-order valence-corrected chi connectivity index (χ3v) is 2.16. The number of benzene rings is 1. The first-order chi connectivity index (χ1) is 7.68. The summed E-state index contributed by atoms with van der Waals surface area (Å²) in [4.78, 5) is 14.0. The summed E-state index contributed by atoms with van der Waals surface area (Å²) < 4.78 is 0. The molecule has 1 aromatic carbocycles. The zero-order valence-corrected chi connectivity index (χ0v) is 8.33. The van der Waals surface area contributed by atoms with Crippen LogP contribution in [0.1, 0.15) is 0 Å². The van der Waals surface area contributed by atoms with Gasteiger partial charge < -0.3 is 5.73 Å². The van der Waals surface area contributed by atoms with E-state index in [-0.39, 0.29) is 5.69 Å². The fourth-order valence-corrected chi connectivity index (χ4v) is 1.41. The fourth-order valence-electron chi connectivity index (χ4n) is 1.41. The van der Waals surface area contributed by atoms with E-state index in [4.69, 9.17) is 5.73 Å². The Morgan fingerprint density at radius 3 is 2.50 bits per heavy atom. The van der Waals surface area contributed by atoms with Crippen LogP contribution in [0.2, 0.25) is 0 Å². The lowest BCUT2D eigenvalue weighted by Gasteiger charge is -2.03. The van der Waals surface area contributed by atoms with E-state index < -0.39 is 4.92 Å². The van der Waals surface area contributed by atoms with Crippen LogP contribution in [0.4, 0.5) is 11.4 Å². The summed E-state index contributed by atoms with van der Waals surface area (Å²) >= 11 is 0. The summed E-state index contributed by atoms with van der Waals surface area (Å²) in [5.74, 6) is 0. The molecular formula is C11H9N3O2. The van der Waals surface area contributed by atoms with Crippen molar-refractivity contribution in [3.05, 3.63) is 52.7 Å². The van der Waals surface area contributed by atoms with Crippen LogP contribution in [-0.2, 0) is 0 Å². The van der Waals surface area contributed by atoms with Crippen LogP contribution < -0.4 is 5.73 Å². The van der Waals surface area contributed by atoms with Gasteiger partial charge in [-0.1, -0.05) is 30.3 Å². The molecule has 1 heterocycles. The minimum atomic E-state index is -0.516. The van der Waals surface area contributed by atoms with Crippen molar-refractivity contribution in [3.8, 4) is 11.3 Å². The average Bonchev–Trinajstić information content (AvgIpc) is 2.30. The molecule has 5 nitrogen and oxygen atoms in total. The zero-order chi connectivity index (χ0) is 11.5. The molecule has 0 bridgehead atoms. The van der Waals surface area contributed by atoms with Crippen molar-refractivity contribution in [2.24, 2.45) is 0 Å². The molecule has 0 radical (unpaired) electrons. The van der Waals surface area contributed by atoms with Crippen LogP contribution in [0, 0.1) is 10.1 Å². The van der Waals surface area contributed by atoms with Gasteiger partial charge in [0.05, 0.1) is 16.3 Å². The first kappa shape index (κ1) is 10.1. The Balaban J connectivity index is 2.48. The molecule has 0 saturated heterocycles. The van der Waals surface area contributed by atoms with Crippen LogP contribution in [-0.4, -0.2) is 9.91 Å². The molecular weight excluding hydrogens is 206 g/mol. The molecule has 80 valence electrons.